The van der Waals surface area contributed by atoms with Crippen LogP contribution in [0.2, 0.25) is 0 Å². The van der Waals surface area contributed by atoms with Gasteiger partial charge >= 0.3 is 5.97 Å². The Kier molecular flexibility index (Phi) is 2.36. The summed E-state index contributed by atoms with van der Waals surface area (Å²) < 4.78 is 1.67. The Balaban J connectivity index is 2.46. The molecule has 0 saturated carbocycles. The average Bonchev–Trinajstić information content (AvgIpc) is 2.62. The van der Waals surface area contributed by atoms with Crippen molar-refractivity contribution in [3.05, 3.63) is 22.5 Å². The van der Waals surface area contributed by atoms with Crippen LogP contribution in [0.1, 0.15) is 40.2 Å². The molecule has 1 N–H and O–H groups in total. The minimum Gasteiger partial charge on any atom is -0.478 e. The molecular formula is C13H15N3O2. The van der Waals surface area contributed by atoms with E-state index in [1.807, 2.05) is 14.0 Å². The number of fused-ring (bicyclic) bond motifs is 2. The van der Waals surface area contributed by atoms with Crippen LogP contribution in [0, 0.1) is 6.92 Å². The lowest BCUT2D eigenvalue weighted by Crippen LogP contribution is -2.13. The molecule has 2 aromatic rings. The molecule has 0 aliphatic heterocycles. The van der Waals surface area contributed by atoms with E-state index in [0.717, 1.165) is 42.6 Å². The minimum atomic E-state index is -0.864. The maximum atomic E-state index is 11.6. The normalized spacial score (nSPS) is 14.8. The summed E-state index contributed by atoms with van der Waals surface area (Å²) in [6, 6.07) is 0. The van der Waals surface area contributed by atoms with Crippen LogP contribution in [0.25, 0.3) is 11.0 Å². The molecule has 0 spiro atoms. The molecular weight excluding hydrogens is 230 g/mol. The smallest absolute Gasteiger partial charge is 0.336 e. The molecule has 5 heteroatoms. The van der Waals surface area contributed by atoms with Gasteiger partial charge in [0.05, 0.1) is 16.6 Å². The molecule has 1 aliphatic rings. The number of aryl methyl sites for hydroxylation is 3. The topological polar surface area (TPSA) is 68.0 Å². The summed E-state index contributed by atoms with van der Waals surface area (Å²) in [5, 5.41) is 14.5. The molecule has 0 atom stereocenters. The van der Waals surface area contributed by atoms with Crippen molar-refractivity contribution in [1.29, 1.82) is 0 Å². The first-order valence-electron chi connectivity index (χ1n) is 6.18. The molecule has 0 fully saturated rings. The lowest BCUT2D eigenvalue weighted by molar-refractivity contribution is 0.0697. The van der Waals surface area contributed by atoms with Crippen molar-refractivity contribution < 1.29 is 9.90 Å². The van der Waals surface area contributed by atoms with E-state index in [1.165, 1.54) is 0 Å². The van der Waals surface area contributed by atoms with E-state index in [-0.39, 0.29) is 0 Å². The SMILES string of the molecule is Cc1nn(C)c2nc3c(c(C(=O)O)c12)CCCC3. The monoisotopic (exact) mass is 245 g/mol. The highest BCUT2D eigenvalue weighted by molar-refractivity contribution is 6.04. The van der Waals surface area contributed by atoms with Crippen molar-refractivity contribution in [3.8, 4) is 0 Å². The van der Waals surface area contributed by atoms with Crippen LogP contribution in [0.5, 0.6) is 0 Å². The van der Waals surface area contributed by atoms with Crippen LogP contribution >= 0.6 is 0 Å². The lowest BCUT2D eigenvalue weighted by atomic mass is 9.90. The molecule has 3 rings (SSSR count). The molecule has 0 amide bonds. The first-order chi connectivity index (χ1) is 8.59. The summed E-state index contributed by atoms with van der Waals surface area (Å²) in [6.07, 6.45) is 3.81. The van der Waals surface area contributed by atoms with Gasteiger partial charge in [-0.05, 0) is 38.2 Å². The van der Waals surface area contributed by atoms with E-state index in [1.54, 1.807) is 4.68 Å². The summed E-state index contributed by atoms with van der Waals surface area (Å²) in [5.74, 6) is -0.864. The van der Waals surface area contributed by atoms with Gasteiger partial charge in [-0.15, -0.1) is 0 Å². The second kappa shape index (κ2) is 3.80. The van der Waals surface area contributed by atoms with Gasteiger partial charge in [-0.3, -0.25) is 4.68 Å². The molecule has 0 saturated heterocycles. The number of carboxylic acids is 1. The summed E-state index contributed by atoms with van der Waals surface area (Å²) in [6.45, 7) is 1.84. The van der Waals surface area contributed by atoms with Crippen LogP contribution in [0.15, 0.2) is 0 Å². The molecule has 0 unspecified atom stereocenters. The summed E-state index contributed by atoms with van der Waals surface area (Å²) >= 11 is 0. The summed E-state index contributed by atoms with van der Waals surface area (Å²) in [4.78, 5) is 16.2. The third-order valence-corrected chi connectivity index (χ3v) is 3.64. The number of carboxylic acid groups (broad SMARTS) is 1. The molecule has 1 aliphatic carbocycles. The van der Waals surface area contributed by atoms with Crippen LogP contribution in [0.3, 0.4) is 0 Å². The Labute approximate surface area is 104 Å². The predicted molar refractivity (Wildman–Crippen MR) is 66.8 cm³/mol. The molecule has 0 aromatic carbocycles. The molecule has 18 heavy (non-hydrogen) atoms. The van der Waals surface area contributed by atoms with Crippen LogP contribution in [-0.4, -0.2) is 25.8 Å². The second-order valence-electron chi connectivity index (χ2n) is 4.83. The van der Waals surface area contributed by atoms with E-state index in [2.05, 4.69) is 10.1 Å². The van der Waals surface area contributed by atoms with Crippen LogP contribution in [0.4, 0.5) is 0 Å². The first kappa shape index (κ1) is 11.2. The van der Waals surface area contributed by atoms with E-state index < -0.39 is 5.97 Å². The quantitative estimate of drug-likeness (QED) is 0.832. The zero-order valence-corrected chi connectivity index (χ0v) is 10.5. The molecule has 5 nitrogen and oxygen atoms in total. The van der Waals surface area contributed by atoms with Crippen LogP contribution < -0.4 is 0 Å². The van der Waals surface area contributed by atoms with E-state index in [0.29, 0.717) is 16.6 Å². The fourth-order valence-corrected chi connectivity index (χ4v) is 2.86. The minimum absolute atomic E-state index is 0.417. The summed E-state index contributed by atoms with van der Waals surface area (Å²) in [5.41, 5.74) is 3.70. The molecule has 94 valence electrons. The van der Waals surface area contributed by atoms with Gasteiger partial charge in [0.25, 0.3) is 0 Å². The third kappa shape index (κ3) is 1.43. The Bertz CT molecular complexity index is 658. The number of nitrogens with zero attached hydrogens (tertiary/aromatic N) is 3. The van der Waals surface area contributed by atoms with Crippen molar-refractivity contribution >= 4 is 17.0 Å². The van der Waals surface area contributed by atoms with Gasteiger partial charge in [0, 0.05) is 12.7 Å². The highest BCUT2D eigenvalue weighted by Gasteiger charge is 2.25. The largest absolute Gasteiger partial charge is 0.478 e. The highest BCUT2D eigenvalue weighted by atomic mass is 16.4. The molecule has 2 heterocycles. The van der Waals surface area contributed by atoms with Gasteiger partial charge in [-0.1, -0.05) is 0 Å². The first-order valence-corrected chi connectivity index (χ1v) is 6.18. The zero-order valence-electron chi connectivity index (χ0n) is 10.5. The Morgan fingerprint density at radius 3 is 2.78 bits per heavy atom. The number of carbonyl (C=O) groups is 1. The number of aromatic nitrogens is 3. The van der Waals surface area contributed by atoms with Crippen molar-refractivity contribution in [2.75, 3.05) is 0 Å². The Morgan fingerprint density at radius 2 is 2.06 bits per heavy atom. The van der Waals surface area contributed by atoms with E-state index >= 15 is 0 Å². The summed E-state index contributed by atoms with van der Waals surface area (Å²) in [7, 11) is 1.81. The fraction of sp³-hybridized carbons (Fsp3) is 0.462. The van der Waals surface area contributed by atoms with Crippen LogP contribution in [-0.2, 0) is 19.9 Å². The standard InChI is InChI=1S/C13H15N3O2/c1-7-10-11(13(17)18)8-5-3-4-6-9(8)14-12(10)16(2)15-7/h3-6H2,1-2H3,(H,17,18). The molecule has 0 radical (unpaired) electrons. The van der Waals surface area contributed by atoms with Crippen molar-refractivity contribution in [2.24, 2.45) is 7.05 Å². The maximum absolute atomic E-state index is 11.6. The Morgan fingerprint density at radius 1 is 1.33 bits per heavy atom. The lowest BCUT2D eigenvalue weighted by Gasteiger charge is -2.17. The van der Waals surface area contributed by atoms with Gasteiger partial charge in [-0.2, -0.15) is 5.10 Å². The highest BCUT2D eigenvalue weighted by Crippen LogP contribution is 2.30. The van der Waals surface area contributed by atoms with E-state index in [9.17, 15) is 9.90 Å². The Hall–Kier alpha value is -1.91. The van der Waals surface area contributed by atoms with Gasteiger partial charge < -0.3 is 5.11 Å². The van der Waals surface area contributed by atoms with Crippen molar-refractivity contribution in [1.82, 2.24) is 14.8 Å². The fourth-order valence-electron chi connectivity index (χ4n) is 2.86. The van der Waals surface area contributed by atoms with E-state index in [4.69, 9.17) is 0 Å². The predicted octanol–water partition coefficient (Wildman–Crippen LogP) is 1.85. The van der Waals surface area contributed by atoms with Gasteiger partial charge in [0.1, 0.15) is 0 Å². The maximum Gasteiger partial charge on any atom is 0.336 e. The average molecular weight is 245 g/mol. The second-order valence-corrected chi connectivity index (χ2v) is 4.83. The number of hydrogen-bond acceptors (Lipinski definition) is 3. The van der Waals surface area contributed by atoms with Gasteiger partial charge in [0.2, 0.25) is 0 Å². The van der Waals surface area contributed by atoms with Crippen molar-refractivity contribution in [2.45, 2.75) is 32.6 Å². The molecule has 2 aromatic heterocycles. The van der Waals surface area contributed by atoms with Gasteiger partial charge in [0.15, 0.2) is 5.65 Å². The third-order valence-electron chi connectivity index (χ3n) is 3.64. The van der Waals surface area contributed by atoms with Gasteiger partial charge in [-0.25, -0.2) is 9.78 Å². The number of hydrogen-bond donors (Lipinski definition) is 1. The number of pyridine rings is 1. The zero-order chi connectivity index (χ0) is 12.9. The van der Waals surface area contributed by atoms with Crippen molar-refractivity contribution in [3.63, 3.8) is 0 Å². The molecule has 0 bridgehead atoms. The number of aromatic carboxylic acids is 1. The number of rotatable bonds is 1.